The van der Waals surface area contributed by atoms with E-state index < -0.39 is 27.5 Å². The number of nitrogens with one attached hydrogen (secondary N) is 2. The van der Waals surface area contributed by atoms with Crippen molar-refractivity contribution in [2.75, 3.05) is 31.7 Å². The molecule has 0 spiro atoms. The van der Waals surface area contributed by atoms with Gasteiger partial charge in [-0.3, -0.25) is 4.79 Å². The van der Waals surface area contributed by atoms with E-state index in [0.717, 1.165) is 69.3 Å². The Morgan fingerprint density at radius 2 is 1.94 bits per heavy atom. The fourth-order valence-corrected chi connectivity index (χ4v) is 8.21. The predicted molar refractivity (Wildman–Crippen MR) is 182 cm³/mol. The molecule has 0 aromatic heterocycles. The summed E-state index contributed by atoms with van der Waals surface area (Å²) in [5.74, 6) is 0.543. The summed E-state index contributed by atoms with van der Waals surface area (Å²) >= 11 is 6.36. The van der Waals surface area contributed by atoms with Crippen molar-refractivity contribution in [1.82, 2.24) is 10.0 Å². The SMILES string of the molecule is CO[C@H]1/C=C/COC(C)(C)C(=O)N=[S@](=O)(NC(=O)NC2CC2)c2ccc3c(c2)N(CCCCc2cc(Cl)ccc2CO3)C[C@@H]2CC[C@H]21. The summed E-state index contributed by atoms with van der Waals surface area (Å²) in [5.41, 5.74) is 1.58. The van der Waals surface area contributed by atoms with Gasteiger partial charge in [0.05, 0.1) is 23.3 Å². The van der Waals surface area contributed by atoms with E-state index in [9.17, 15) is 13.8 Å². The number of ether oxygens (including phenoxy) is 3. The lowest BCUT2D eigenvalue weighted by molar-refractivity contribution is -0.137. The molecule has 4 aliphatic rings. The summed E-state index contributed by atoms with van der Waals surface area (Å²) in [6.07, 6.45) is 10.3. The van der Waals surface area contributed by atoms with E-state index in [0.29, 0.717) is 29.2 Å². The Labute approximate surface area is 282 Å². The number of carbonyl (C=O) groups is 2. The van der Waals surface area contributed by atoms with Crippen LogP contribution < -0.4 is 19.7 Å². The molecule has 2 aliphatic heterocycles. The molecule has 47 heavy (non-hydrogen) atoms. The second-order valence-electron chi connectivity index (χ2n) is 13.5. The van der Waals surface area contributed by atoms with Crippen LogP contribution in [0, 0.1) is 11.8 Å². The van der Waals surface area contributed by atoms with Gasteiger partial charge in [-0.1, -0.05) is 29.8 Å². The van der Waals surface area contributed by atoms with Crippen LogP contribution in [0.5, 0.6) is 5.75 Å². The van der Waals surface area contributed by atoms with Gasteiger partial charge >= 0.3 is 6.03 Å². The minimum Gasteiger partial charge on any atom is -0.487 e. The van der Waals surface area contributed by atoms with Crippen LogP contribution in [-0.4, -0.2) is 60.7 Å². The molecule has 254 valence electrons. The highest BCUT2D eigenvalue weighted by Crippen LogP contribution is 2.42. The normalized spacial score (nSPS) is 28.6. The zero-order chi connectivity index (χ0) is 33.2. The van der Waals surface area contributed by atoms with Gasteiger partial charge in [-0.25, -0.2) is 13.7 Å². The van der Waals surface area contributed by atoms with Crippen molar-refractivity contribution in [3.05, 3.63) is 64.7 Å². The smallest absolute Gasteiger partial charge is 0.327 e. The van der Waals surface area contributed by atoms with E-state index in [1.165, 1.54) is 5.56 Å². The quantitative estimate of drug-likeness (QED) is 0.370. The third kappa shape index (κ3) is 7.96. The Morgan fingerprint density at radius 3 is 2.68 bits per heavy atom. The molecule has 4 atom stereocenters. The number of anilines is 1. The van der Waals surface area contributed by atoms with Gasteiger partial charge in [-0.15, -0.1) is 4.36 Å². The number of fused-ring (bicyclic) bond motifs is 3. The van der Waals surface area contributed by atoms with Crippen molar-refractivity contribution in [3.8, 4) is 5.75 Å². The van der Waals surface area contributed by atoms with Crippen LogP contribution in [-0.2, 0) is 37.2 Å². The molecule has 2 aromatic carbocycles. The molecule has 2 bridgehead atoms. The molecule has 0 radical (unpaired) electrons. The van der Waals surface area contributed by atoms with Crippen LogP contribution in [0.2, 0.25) is 5.02 Å². The van der Waals surface area contributed by atoms with Gasteiger partial charge < -0.3 is 24.4 Å². The standard InChI is InChI=1S/C35H45ClN4O6S/c1-35(2)33(41)38-47(43,39-34(42)37-27-12-13-27)28-14-16-32-30(20-28)40(21-24-10-15-29(24)31(44-3)8-6-18-46-35)17-5-4-7-23-19-26(36)11-9-25(23)22-45-32/h6,8-9,11,14,16,19-20,24,27,29,31H,4-5,7,10,12-13,15,17-18,21-22H2,1-3H3,(H2,37,38,39,41,42,43)/b8-6+/t24-,29+,31-,47-/m0/s1. The number of rotatable bonds is 3. The highest BCUT2D eigenvalue weighted by atomic mass is 35.5. The van der Waals surface area contributed by atoms with Crippen molar-refractivity contribution in [2.45, 2.75) is 88.0 Å². The topological polar surface area (TPSA) is 119 Å². The van der Waals surface area contributed by atoms with Crippen LogP contribution in [0.3, 0.4) is 0 Å². The first-order valence-corrected chi connectivity index (χ1v) is 18.5. The lowest BCUT2D eigenvalue weighted by Gasteiger charge is -2.43. The third-order valence-corrected chi connectivity index (χ3v) is 11.6. The van der Waals surface area contributed by atoms with Gasteiger partial charge in [-0.2, -0.15) is 0 Å². The molecule has 2 heterocycles. The second kappa shape index (κ2) is 14.2. The van der Waals surface area contributed by atoms with Gasteiger partial charge in [0.2, 0.25) is 0 Å². The molecule has 3 amide bonds. The number of hydrogen-bond donors (Lipinski definition) is 2. The molecule has 2 aliphatic carbocycles. The summed E-state index contributed by atoms with van der Waals surface area (Å²) in [5, 5.41) is 3.52. The molecule has 0 saturated heterocycles. The second-order valence-corrected chi connectivity index (χ2v) is 15.8. The molecule has 2 aromatic rings. The number of hydrogen-bond acceptors (Lipinski definition) is 7. The van der Waals surface area contributed by atoms with E-state index in [4.69, 9.17) is 25.8 Å². The van der Waals surface area contributed by atoms with Crippen LogP contribution >= 0.6 is 11.6 Å². The first kappa shape index (κ1) is 33.8. The number of methoxy groups -OCH3 is 1. The lowest BCUT2D eigenvalue weighted by atomic mass is 9.70. The van der Waals surface area contributed by atoms with Crippen molar-refractivity contribution < 1.29 is 28.0 Å². The van der Waals surface area contributed by atoms with E-state index >= 15 is 0 Å². The lowest BCUT2D eigenvalue weighted by Crippen LogP contribution is -2.44. The summed E-state index contributed by atoms with van der Waals surface area (Å²) < 4.78 is 39.9. The van der Waals surface area contributed by atoms with Crippen LogP contribution in [0.1, 0.15) is 63.5 Å². The van der Waals surface area contributed by atoms with Crippen molar-refractivity contribution in [3.63, 3.8) is 0 Å². The number of urea groups is 1. The Bertz CT molecular complexity index is 1650. The highest BCUT2D eigenvalue weighted by molar-refractivity contribution is 7.92. The van der Waals surface area contributed by atoms with Crippen LogP contribution in [0.4, 0.5) is 10.5 Å². The maximum Gasteiger partial charge on any atom is 0.327 e. The Morgan fingerprint density at radius 1 is 1.11 bits per heavy atom. The van der Waals surface area contributed by atoms with Gasteiger partial charge in [0.15, 0.2) is 9.92 Å². The molecular weight excluding hydrogens is 640 g/mol. The van der Waals surface area contributed by atoms with Crippen molar-refractivity contribution in [1.29, 1.82) is 0 Å². The van der Waals surface area contributed by atoms with Crippen molar-refractivity contribution >= 4 is 39.1 Å². The number of carbonyl (C=O) groups excluding carboxylic acids is 2. The Balaban J connectivity index is 1.46. The average molecular weight is 685 g/mol. The number of nitrogens with zero attached hydrogens (tertiary/aromatic N) is 2. The zero-order valence-corrected chi connectivity index (χ0v) is 28.9. The number of amides is 3. The van der Waals surface area contributed by atoms with Crippen LogP contribution in [0.25, 0.3) is 0 Å². The molecule has 6 rings (SSSR count). The minimum absolute atomic E-state index is 0.0203. The summed E-state index contributed by atoms with van der Waals surface area (Å²) in [6, 6.07) is 10.5. The molecular formula is C35H45ClN4O6S. The molecule has 12 heteroatoms. The van der Waals surface area contributed by atoms with E-state index in [1.54, 1.807) is 39.2 Å². The van der Waals surface area contributed by atoms with E-state index in [2.05, 4.69) is 19.3 Å². The first-order chi connectivity index (χ1) is 22.5. The largest absolute Gasteiger partial charge is 0.487 e. The molecule has 10 nitrogen and oxygen atoms in total. The number of aryl methyl sites for hydroxylation is 1. The first-order valence-electron chi connectivity index (χ1n) is 16.6. The highest BCUT2D eigenvalue weighted by Gasteiger charge is 2.38. The van der Waals surface area contributed by atoms with Gasteiger partial charge in [0, 0.05) is 31.3 Å². The predicted octanol–water partition coefficient (Wildman–Crippen LogP) is 6.20. The van der Waals surface area contributed by atoms with Crippen LogP contribution in [0.15, 0.2) is 57.8 Å². The maximum atomic E-state index is 14.8. The Hall–Kier alpha value is -3.12. The summed E-state index contributed by atoms with van der Waals surface area (Å²) in [6.45, 7) is 5.14. The number of halogens is 1. The molecule has 2 saturated carbocycles. The molecule has 2 fully saturated rings. The maximum absolute atomic E-state index is 14.8. The van der Waals surface area contributed by atoms with Gasteiger partial charge in [0.25, 0.3) is 5.91 Å². The minimum atomic E-state index is -3.78. The number of benzene rings is 2. The average Bonchev–Trinajstić information content (AvgIpc) is 3.84. The fraction of sp³-hybridized carbons (Fsp3) is 0.543. The summed E-state index contributed by atoms with van der Waals surface area (Å²) in [7, 11) is -2.05. The molecule has 0 unspecified atom stereocenters. The fourth-order valence-electron chi connectivity index (χ4n) is 6.46. The molecule has 2 N–H and O–H groups in total. The monoisotopic (exact) mass is 684 g/mol. The van der Waals surface area contributed by atoms with Crippen molar-refractivity contribution in [2.24, 2.45) is 16.2 Å². The van der Waals surface area contributed by atoms with E-state index in [1.807, 2.05) is 30.4 Å². The van der Waals surface area contributed by atoms with Gasteiger partial charge in [-0.05, 0) is 112 Å². The van der Waals surface area contributed by atoms with E-state index in [-0.39, 0.29) is 23.6 Å². The Kier molecular flexibility index (Phi) is 10.2. The third-order valence-electron chi connectivity index (χ3n) is 9.63. The van der Waals surface area contributed by atoms with Gasteiger partial charge in [0.1, 0.15) is 18.0 Å². The summed E-state index contributed by atoms with van der Waals surface area (Å²) in [4.78, 5) is 29.2. The zero-order valence-electron chi connectivity index (χ0n) is 27.3.